The molecule has 11 heteroatoms. The van der Waals surface area contributed by atoms with Crippen molar-refractivity contribution in [3.05, 3.63) is 93.8 Å². The Bertz CT molecular complexity index is 1440. The number of nitro groups is 1. The molecule has 9 nitrogen and oxygen atoms in total. The van der Waals surface area contributed by atoms with E-state index in [-0.39, 0.29) is 42.0 Å². The molecule has 0 spiro atoms. The standard InChI is InChI=1S/C26H26F2N6O3/c27-19-6-3-16(4-7-19)17-5-10-24-23(13-17)32-25(26(35)31-14-20(30)2-1-11-29)33(24)15-18-12-21(34(36)37)8-9-22(18)28/h3-10,12-13,20H,1-2,11,14-15,29-30H2,(H,31,35)/t20-/m0/s1. The van der Waals surface area contributed by atoms with Crippen LogP contribution in [0.3, 0.4) is 0 Å². The number of nitrogens with one attached hydrogen (secondary N) is 1. The number of nitrogens with two attached hydrogens (primary N) is 2. The predicted molar refractivity (Wildman–Crippen MR) is 136 cm³/mol. The van der Waals surface area contributed by atoms with Gasteiger partial charge in [0, 0.05) is 30.3 Å². The van der Waals surface area contributed by atoms with Crippen LogP contribution in [0.2, 0.25) is 0 Å². The van der Waals surface area contributed by atoms with E-state index in [1.807, 2.05) is 0 Å². The number of rotatable bonds is 10. The first-order valence-electron chi connectivity index (χ1n) is 11.7. The first-order valence-corrected chi connectivity index (χ1v) is 11.7. The van der Waals surface area contributed by atoms with Gasteiger partial charge in [0.15, 0.2) is 5.82 Å². The Balaban J connectivity index is 1.74. The van der Waals surface area contributed by atoms with Gasteiger partial charge in [-0.25, -0.2) is 13.8 Å². The highest BCUT2D eigenvalue weighted by molar-refractivity contribution is 5.95. The first-order chi connectivity index (χ1) is 17.8. The molecule has 0 saturated carbocycles. The lowest BCUT2D eigenvalue weighted by Crippen LogP contribution is -2.38. The number of nitrogens with zero attached hydrogens (tertiary/aromatic N) is 3. The Morgan fingerprint density at radius 2 is 1.81 bits per heavy atom. The molecule has 4 aromatic rings. The maximum Gasteiger partial charge on any atom is 0.287 e. The maximum atomic E-state index is 14.6. The molecule has 1 atom stereocenters. The molecule has 0 radical (unpaired) electrons. The molecule has 0 unspecified atom stereocenters. The quantitative estimate of drug-likeness (QED) is 0.220. The summed E-state index contributed by atoms with van der Waals surface area (Å²) in [4.78, 5) is 28.3. The second-order valence-corrected chi connectivity index (χ2v) is 8.67. The third-order valence-electron chi connectivity index (χ3n) is 6.00. The highest BCUT2D eigenvalue weighted by Gasteiger charge is 2.21. The summed E-state index contributed by atoms with van der Waals surface area (Å²) in [6.45, 7) is 0.512. The smallest absolute Gasteiger partial charge is 0.287 e. The van der Waals surface area contributed by atoms with E-state index < -0.39 is 16.6 Å². The number of fused-ring (bicyclic) bond motifs is 1. The molecule has 1 heterocycles. The number of carbonyl (C=O) groups is 1. The number of nitro benzene ring substituents is 1. The van der Waals surface area contributed by atoms with Crippen molar-refractivity contribution < 1.29 is 18.5 Å². The molecule has 37 heavy (non-hydrogen) atoms. The zero-order valence-electron chi connectivity index (χ0n) is 19.9. The fourth-order valence-corrected chi connectivity index (χ4v) is 4.04. The van der Waals surface area contributed by atoms with E-state index in [1.165, 1.54) is 16.7 Å². The van der Waals surface area contributed by atoms with Gasteiger partial charge in [0.2, 0.25) is 0 Å². The Kier molecular flexibility index (Phi) is 7.85. The first kappa shape index (κ1) is 25.9. The summed E-state index contributed by atoms with van der Waals surface area (Å²) in [5.74, 6) is -1.53. The van der Waals surface area contributed by atoms with E-state index in [0.717, 1.165) is 29.3 Å². The van der Waals surface area contributed by atoms with Gasteiger partial charge in [0.05, 0.1) is 22.5 Å². The second kappa shape index (κ2) is 11.2. The number of imidazole rings is 1. The minimum atomic E-state index is -0.648. The van der Waals surface area contributed by atoms with Crippen molar-refractivity contribution in [2.45, 2.75) is 25.4 Å². The number of carbonyl (C=O) groups excluding carboxylic acids is 1. The summed E-state index contributed by atoms with van der Waals surface area (Å²) < 4.78 is 29.5. The van der Waals surface area contributed by atoms with Crippen molar-refractivity contribution in [3.63, 3.8) is 0 Å². The van der Waals surface area contributed by atoms with E-state index >= 15 is 0 Å². The van der Waals surface area contributed by atoms with Crippen LogP contribution in [0.4, 0.5) is 14.5 Å². The van der Waals surface area contributed by atoms with Crippen LogP contribution in [0.15, 0.2) is 60.7 Å². The summed E-state index contributed by atoms with van der Waals surface area (Å²) in [7, 11) is 0. The summed E-state index contributed by atoms with van der Waals surface area (Å²) in [6, 6.07) is 14.1. The van der Waals surface area contributed by atoms with Gasteiger partial charge in [-0.15, -0.1) is 0 Å². The fourth-order valence-electron chi connectivity index (χ4n) is 4.04. The molecular weight excluding hydrogens is 482 g/mol. The Hall–Kier alpha value is -4.22. The van der Waals surface area contributed by atoms with Gasteiger partial charge in [-0.3, -0.25) is 14.9 Å². The molecule has 192 valence electrons. The van der Waals surface area contributed by atoms with Crippen LogP contribution < -0.4 is 16.8 Å². The molecule has 3 aromatic carbocycles. The van der Waals surface area contributed by atoms with Gasteiger partial charge < -0.3 is 21.4 Å². The summed E-state index contributed by atoms with van der Waals surface area (Å²) in [5.41, 5.74) is 13.8. The van der Waals surface area contributed by atoms with Gasteiger partial charge in [-0.05, 0) is 60.8 Å². The fraction of sp³-hybridized carbons (Fsp3) is 0.231. The van der Waals surface area contributed by atoms with Crippen LogP contribution >= 0.6 is 0 Å². The van der Waals surface area contributed by atoms with Crippen LogP contribution in [0.25, 0.3) is 22.2 Å². The molecular formula is C26H26F2N6O3. The lowest BCUT2D eigenvalue weighted by Gasteiger charge is -2.13. The van der Waals surface area contributed by atoms with Crippen molar-refractivity contribution in [3.8, 4) is 11.1 Å². The molecule has 0 bridgehead atoms. The molecule has 0 saturated heterocycles. The topological polar surface area (TPSA) is 142 Å². The number of hydrogen-bond donors (Lipinski definition) is 3. The number of halogens is 2. The average Bonchev–Trinajstić information content (AvgIpc) is 3.25. The van der Waals surface area contributed by atoms with Gasteiger partial charge in [0.25, 0.3) is 11.6 Å². The van der Waals surface area contributed by atoms with E-state index in [4.69, 9.17) is 11.5 Å². The van der Waals surface area contributed by atoms with Crippen LogP contribution in [0.1, 0.15) is 29.0 Å². The number of amides is 1. The lowest BCUT2D eigenvalue weighted by atomic mass is 10.1. The Labute approximate surface area is 211 Å². The van der Waals surface area contributed by atoms with Crippen LogP contribution in [0, 0.1) is 21.7 Å². The summed E-state index contributed by atoms with van der Waals surface area (Å²) >= 11 is 0. The summed E-state index contributed by atoms with van der Waals surface area (Å²) in [5, 5.41) is 14.0. The molecule has 0 aliphatic carbocycles. The van der Waals surface area contributed by atoms with Crippen molar-refractivity contribution in [1.82, 2.24) is 14.9 Å². The third-order valence-corrected chi connectivity index (χ3v) is 6.00. The largest absolute Gasteiger partial charge is 0.348 e. The highest BCUT2D eigenvalue weighted by atomic mass is 19.1. The van der Waals surface area contributed by atoms with Crippen LogP contribution in [0.5, 0.6) is 0 Å². The molecule has 5 N–H and O–H groups in total. The highest BCUT2D eigenvalue weighted by Crippen LogP contribution is 2.27. The van der Waals surface area contributed by atoms with E-state index in [0.29, 0.717) is 30.4 Å². The van der Waals surface area contributed by atoms with E-state index in [2.05, 4.69) is 10.3 Å². The Morgan fingerprint density at radius 1 is 1.08 bits per heavy atom. The molecule has 0 aliphatic rings. The number of hydrogen-bond acceptors (Lipinski definition) is 6. The zero-order chi connectivity index (χ0) is 26.5. The van der Waals surface area contributed by atoms with Crippen molar-refractivity contribution in [2.24, 2.45) is 11.5 Å². The van der Waals surface area contributed by atoms with Gasteiger partial charge in [0.1, 0.15) is 11.6 Å². The number of non-ortho nitro benzene ring substituents is 1. The zero-order valence-corrected chi connectivity index (χ0v) is 19.9. The minimum absolute atomic E-state index is 0.00295. The summed E-state index contributed by atoms with van der Waals surface area (Å²) in [6.07, 6.45) is 1.35. The van der Waals surface area contributed by atoms with Crippen LogP contribution in [-0.4, -0.2) is 39.5 Å². The molecule has 4 rings (SSSR count). The van der Waals surface area contributed by atoms with Gasteiger partial charge in [-0.1, -0.05) is 18.2 Å². The Morgan fingerprint density at radius 3 is 2.51 bits per heavy atom. The minimum Gasteiger partial charge on any atom is -0.348 e. The maximum absolute atomic E-state index is 14.6. The third kappa shape index (κ3) is 5.96. The second-order valence-electron chi connectivity index (χ2n) is 8.67. The molecule has 0 fully saturated rings. The van der Waals surface area contributed by atoms with Crippen molar-refractivity contribution >= 4 is 22.6 Å². The number of benzene rings is 3. The van der Waals surface area contributed by atoms with E-state index in [1.54, 1.807) is 30.3 Å². The number of aromatic nitrogens is 2. The molecule has 0 aliphatic heterocycles. The van der Waals surface area contributed by atoms with Gasteiger partial charge in [-0.2, -0.15) is 0 Å². The molecule has 1 amide bonds. The van der Waals surface area contributed by atoms with Crippen molar-refractivity contribution in [2.75, 3.05) is 13.1 Å². The molecule has 1 aromatic heterocycles. The lowest BCUT2D eigenvalue weighted by molar-refractivity contribution is -0.385. The van der Waals surface area contributed by atoms with Crippen LogP contribution in [-0.2, 0) is 6.54 Å². The normalized spacial score (nSPS) is 12.0. The monoisotopic (exact) mass is 508 g/mol. The van der Waals surface area contributed by atoms with E-state index in [9.17, 15) is 23.7 Å². The average molecular weight is 509 g/mol. The van der Waals surface area contributed by atoms with Crippen molar-refractivity contribution in [1.29, 1.82) is 0 Å². The van der Waals surface area contributed by atoms with Gasteiger partial charge >= 0.3 is 0 Å². The SMILES string of the molecule is NCCC[C@H](N)CNC(=O)c1nc2cc(-c3ccc(F)cc3)ccc2n1Cc1cc([N+](=O)[O-])ccc1F. The predicted octanol–water partition coefficient (Wildman–Crippen LogP) is 3.73.